The molecule has 1 aliphatic rings. The molecule has 10 heteroatoms. The van der Waals surface area contributed by atoms with Gasteiger partial charge in [0.25, 0.3) is 0 Å². The number of rotatable bonds is 5. The number of hydrogen-bond acceptors (Lipinski definition) is 4. The summed E-state index contributed by atoms with van der Waals surface area (Å²) < 4.78 is 36.5. The molecule has 2 rings (SSSR count). The van der Waals surface area contributed by atoms with Gasteiger partial charge < -0.3 is 15.5 Å². The van der Waals surface area contributed by atoms with Gasteiger partial charge in [-0.2, -0.15) is 13.2 Å². The van der Waals surface area contributed by atoms with Gasteiger partial charge in [-0.25, -0.2) is 0 Å². The summed E-state index contributed by atoms with van der Waals surface area (Å²) in [4.78, 5) is 38.1. The highest BCUT2D eigenvalue weighted by Crippen LogP contribution is 2.14. The zero-order chi connectivity index (χ0) is 19.9. The average molecular weight is 386 g/mol. The summed E-state index contributed by atoms with van der Waals surface area (Å²) >= 11 is 0. The smallest absolute Gasteiger partial charge is 0.340 e. The predicted octanol–water partition coefficient (Wildman–Crippen LogP) is 0.838. The first kappa shape index (κ1) is 20.7. The van der Waals surface area contributed by atoms with Crippen molar-refractivity contribution in [1.82, 2.24) is 15.1 Å². The number of anilines is 1. The number of alkyl halides is 3. The van der Waals surface area contributed by atoms with Gasteiger partial charge in [0.2, 0.25) is 11.8 Å². The summed E-state index contributed by atoms with van der Waals surface area (Å²) in [7, 11) is 0. The van der Waals surface area contributed by atoms with Crippen molar-refractivity contribution in [2.24, 2.45) is 0 Å². The van der Waals surface area contributed by atoms with Crippen molar-refractivity contribution in [3.63, 3.8) is 0 Å². The Labute approximate surface area is 154 Å². The van der Waals surface area contributed by atoms with Gasteiger partial charge in [-0.05, 0) is 18.6 Å². The number of halogens is 3. The number of nitrogens with one attached hydrogen (secondary N) is 2. The van der Waals surface area contributed by atoms with Crippen LogP contribution in [0.15, 0.2) is 30.3 Å². The zero-order valence-corrected chi connectivity index (χ0v) is 14.6. The molecule has 1 aromatic rings. The molecule has 2 N–H and O–H groups in total. The second-order valence-electron chi connectivity index (χ2n) is 6.11. The first-order valence-electron chi connectivity index (χ1n) is 8.46. The van der Waals surface area contributed by atoms with Gasteiger partial charge in [-0.15, -0.1) is 0 Å². The van der Waals surface area contributed by atoms with Gasteiger partial charge in [0, 0.05) is 31.9 Å². The van der Waals surface area contributed by atoms with Crippen molar-refractivity contribution in [3.05, 3.63) is 30.3 Å². The molecular formula is C17H21F3N4O3. The maximum absolute atomic E-state index is 12.2. The van der Waals surface area contributed by atoms with Crippen molar-refractivity contribution in [2.75, 3.05) is 44.6 Å². The third kappa shape index (κ3) is 6.89. The second kappa shape index (κ2) is 9.36. The number of carbonyl (C=O) groups is 3. The number of hydrogen-bond donors (Lipinski definition) is 2. The number of para-hydroxylation sites is 1. The van der Waals surface area contributed by atoms with Crippen molar-refractivity contribution in [1.29, 1.82) is 0 Å². The minimum Gasteiger partial charge on any atom is -0.340 e. The minimum atomic E-state index is -5.01. The lowest BCUT2D eigenvalue weighted by molar-refractivity contribution is -0.174. The molecule has 0 radical (unpaired) electrons. The van der Waals surface area contributed by atoms with Gasteiger partial charge in [0.1, 0.15) is 0 Å². The molecule has 27 heavy (non-hydrogen) atoms. The molecule has 1 heterocycles. The van der Waals surface area contributed by atoms with Crippen LogP contribution in [0.2, 0.25) is 0 Å². The lowest BCUT2D eigenvalue weighted by atomic mass is 10.3. The van der Waals surface area contributed by atoms with Crippen molar-refractivity contribution >= 4 is 23.4 Å². The third-order valence-corrected chi connectivity index (χ3v) is 4.02. The molecule has 0 aliphatic carbocycles. The average Bonchev–Trinajstić information content (AvgIpc) is 2.85. The summed E-state index contributed by atoms with van der Waals surface area (Å²) in [6.07, 6.45) is -4.43. The van der Waals surface area contributed by atoms with Crippen LogP contribution in [-0.4, -0.2) is 73.0 Å². The Hall–Kier alpha value is -2.62. The molecule has 0 atom stereocenters. The fraction of sp³-hybridized carbons (Fsp3) is 0.471. The fourth-order valence-corrected chi connectivity index (χ4v) is 2.67. The van der Waals surface area contributed by atoms with Gasteiger partial charge in [-0.3, -0.25) is 19.3 Å². The van der Waals surface area contributed by atoms with Crippen LogP contribution < -0.4 is 10.6 Å². The lowest BCUT2D eigenvalue weighted by Crippen LogP contribution is -2.45. The van der Waals surface area contributed by atoms with E-state index >= 15 is 0 Å². The molecule has 1 fully saturated rings. The van der Waals surface area contributed by atoms with E-state index in [1.165, 1.54) is 4.90 Å². The maximum Gasteiger partial charge on any atom is 0.471 e. The Balaban J connectivity index is 1.76. The zero-order valence-electron chi connectivity index (χ0n) is 14.6. The van der Waals surface area contributed by atoms with Gasteiger partial charge in [-0.1, -0.05) is 18.2 Å². The van der Waals surface area contributed by atoms with Gasteiger partial charge >= 0.3 is 12.1 Å². The molecule has 0 bridgehead atoms. The quantitative estimate of drug-likeness (QED) is 0.786. The van der Waals surface area contributed by atoms with E-state index in [2.05, 4.69) is 5.32 Å². The van der Waals surface area contributed by atoms with E-state index in [-0.39, 0.29) is 19.0 Å². The highest BCUT2D eigenvalue weighted by molar-refractivity contribution is 5.92. The van der Waals surface area contributed by atoms with Crippen molar-refractivity contribution in [2.45, 2.75) is 12.6 Å². The van der Waals surface area contributed by atoms with E-state index in [4.69, 9.17) is 0 Å². The second-order valence-corrected chi connectivity index (χ2v) is 6.11. The number of nitrogens with zero attached hydrogens (tertiary/aromatic N) is 2. The summed E-state index contributed by atoms with van der Waals surface area (Å²) in [5.41, 5.74) is 0.689. The topological polar surface area (TPSA) is 81.8 Å². The highest BCUT2D eigenvalue weighted by atomic mass is 19.4. The summed E-state index contributed by atoms with van der Waals surface area (Å²) in [6.45, 7) is 1.09. The Kier molecular flexibility index (Phi) is 7.17. The Bertz CT molecular complexity index is 667. The van der Waals surface area contributed by atoms with Crippen LogP contribution in [0.5, 0.6) is 0 Å². The largest absolute Gasteiger partial charge is 0.471 e. The lowest BCUT2D eigenvalue weighted by Gasteiger charge is -2.22. The molecule has 1 aliphatic heterocycles. The Morgan fingerprint density at radius 1 is 1.00 bits per heavy atom. The molecule has 0 spiro atoms. The van der Waals surface area contributed by atoms with Crippen LogP contribution in [0.3, 0.4) is 0 Å². The summed E-state index contributed by atoms with van der Waals surface area (Å²) in [6, 6.07) is 9.00. The third-order valence-electron chi connectivity index (χ3n) is 4.02. The van der Waals surface area contributed by atoms with E-state index < -0.39 is 24.5 Å². The first-order valence-corrected chi connectivity index (χ1v) is 8.46. The normalized spacial score (nSPS) is 15.7. The van der Waals surface area contributed by atoms with Crippen LogP contribution in [0, 0.1) is 0 Å². The van der Waals surface area contributed by atoms with Gasteiger partial charge in [0.05, 0.1) is 13.1 Å². The van der Waals surface area contributed by atoms with Crippen LogP contribution in [0.1, 0.15) is 6.42 Å². The van der Waals surface area contributed by atoms with E-state index in [1.54, 1.807) is 17.4 Å². The standard InChI is InChI=1S/C17H21F3N4O3/c18-17(19,20)16(27)21-11-15(26)24-8-4-7-23(9-10-24)12-14(25)22-13-5-2-1-3-6-13/h1-3,5-6H,4,7-12H2,(H,21,27)(H,22,25). The van der Waals surface area contributed by atoms with E-state index in [0.29, 0.717) is 31.7 Å². The molecule has 1 saturated heterocycles. The minimum absolute atomic E-state index is 0.154. The molecule has 0 unspecified atom stereocenters. The van der Waals surface area contributed by atoms with Crippen molar-refractivity contribution in [3.8, 4) is 0 Å². The number of carbonyl (C=O) groups excluding carboxylic acids is 3. The first-order chi connectivity index (χ1) is 12.8. The summed E-state index contributed by atoms with van der Waals surface area (Å²) in [5.74, 6) is -2.90. The number of benzene rings is 1. The van der Waals surface area contributed by atoms with Crippen LogP contribution in [0.4, 0.5) is 18.9 Å². The molecule has 3 amide bonds. The fourth-order valence-electron chi connectivity index (χ4n) is 2.67. The van der Waals surface area contributed by atoms with Gasteiger partial charge in [0.15, 0.2) is 0 Å². The maximum atomic E-state index is 12.2. The summed E-state index contributed by atoms with van der Waals surface area (Å²) in [5, 5.41) is 4.35. The number of amides is 3. The Morgan fingerprint density at radius 3 is 2.37 bits per heavy atom. The van der Waals surface area contributed by atoms with E-state index in [1.807, 2.05) is 23.1 Å². The molecule has 1 aromatic carbocycles. The van der Waals surface area contributed by atoms with E-state index in [9.17, 15) is 27.6 Å². The SMILES string of the molecule is O=C(CN1CCCN(C(=O)CNC(=O)C(F)(F)F)CC1)Nc1ccccc1. The monoisotopic (exact) mass is 386 g/mol. The molecule has 0 saturated carbocycles. The van der Waals surface area contributed by atoms with E-state index in [0.717, 1.165) is 0 Å². The molecule has 148 valence electrons. The molecular weight excluding hydrogens is 365 g/mol. The molecule has 7 nitrogen and oxygen atoms in total. The Morgan fingerprint density at radius 2 is 1.70 bits per heavy atom. The highest BCUT2D eigenvalue weighted by Gasteiger charge is 2.38. The van der Waals surface area contributed by atoms with Crippen LogP contribution in [0.25, 0.3) is 0 Å². The van der Waals surface area contributed by atoms with Crippen molar-refractivity contribution < 1.29 is 27.6 Å². The predicted molar refractivity (Wildman–Crippen MR) is 91.8 cm³/mol. The van der Waals surface area contributed by atoms with Crippen LogP contribution >= 0.6 is 0 Å². The van der Waals surface area contributed by atoms with Crippen LogP contribution in [-0.2, 0) is 14.4 Å². The molecule has 0 aromatic heterocycles.